The number of aryl methyl sites for hydroxylation is 1. The average molecular weight is 217 g/mol. The lowest BCUT2D eigenvalue weighted by Gasteiger charge is -2.03. The minimum atomic E-state index is -0.0820. The highest BCUT2D eigenvalue weighted by Gasteiger charge is 2.15. The molecule has 1 heterocycles. The van der Waals surface area contributed by atoms with E-state index in [1.807, 2.05) is 20.2 Å². The number of H-pyrrole nitrogens is 1. The predicted octanol–water partition coefficient (Wildman–Crippen LogP) is 1.76. The van der Waals surface area contributed by atoms with Crippen LogP contribution in [0.3, 0.4) is 0 Å². The smallest absolute Gasteiger partial charge is 0.189 e. The molecule has 1 rings (SSSR count). The van der Waals surface area contributed by atoms with Gasteiger partial charge >= 0.3 is 0 Å². The molecule has 16 heavy (non-hydrogen) atoms. The highest BCUT2D eigenvalue weighted by atomic mass is 16.1. The maximum absolute atomic E-state index is 11.9. The van der Waals surface area contributed by atoms with Gasteiger partial charge in [0, 0.05) is 37.6 Å². The lowest BCUT2D eigenvalue weighted by molar-refractivity contribution is 0.104. The first-order valence-corrected chi connectivity index (χ1v) is 4.95. The van der Waals surface area contributed by atoms with Gasteiger partial charge in [0.1, 0.15) is 11.8 Å². The lowest BCUT2D eigenvalue weighted by Crippen LogP contribution is -2.04. The van der Waals surface area contributed by atoms with Gasteiger partial charge in [-0.2, -0.15) is 5.26 Å². The summed E-state index contributed by atoms with van der Waals surface area (Å²) in [5, 5.41) is 8.84. The van der Waals surface area contributed by atoms with Crippen molar-refractivity contribution in [2.24, 2.45) is 0 Å². The van der Waals surface area contributed by atoms with Crippen LogP contribution in [0.1, 0.15) is 27.3 Å². The highest BCUT2D eigenvalue weighted by molar-refractivity contribution is 6.06. The van der Waals surface area contributed by atoms with Gasteiger partial charge in [-0.1, -0.05) is 0 Å². The number of aromatic amines is 1. The lowest BCUT2D eigenvalue weighted by atomic mass is 10.1. The molecule has 4 nitrogen and oxygen atoms in total. The third-order valence-corrected chi connectivity index (χ3v) is 2.32. The molecule has 0 amide bonds. The summed E-state index contributed by atoms with van der Waals surface area (Å²) < 4.78 is 0. The minimum absolute atomic E-state index is 0.0820. The summed E-state index contributed by atoms with van der Waals surface area (Å²) in [5.41, 5.74) is 2.50. The van der Waals surface area contributed by atoms with Crippen LogP contribution in [-0.4, -0.2) is 29.8 Å². The van der Waals surface area contributed by atoms with E-state index >= 15 is 0 Å². The fourth-order valence-electron chi connectivity index (χ4n) is 1.53. The molecule has 0 saturated heterocycles. The van der Waals surface area contributed by atoms with Crippen molar-refractivity contribution in [3.63, 3.8) is 0 Å². The summed E-state index contributed by atoms with van der Waals surface area (Å²) in [7, 11) is 3.70. The molecular weight excluding hydrogens is 202 g/mol. The van der Waals surface area contributed by atoms with Crippen molar-refractivity contribution in [1.29, 1.82) is 5.26 Å². The minimum Gasteiger partial charge on any atom is -0.383 e. The molecule has 0 spiro atoms. The van der Waals surface area contributed by atoms with E-state index in [9.17, 15) is 4.79 Å². The Morgan fingerprint density at radius 3 is 2.50 bits per heavy atom. The molecule has 84 valence electrons. The maximum atomic E-state index is 11.9. The van der Waals surface area contributed by atoms with Crippen LogP contribution in [0, 0.1) is 25.2 Å². The largest absolute Gasteiger partial charge is 0.383 e. The molecule has 0 fully saturated rings. The predicted molar refractivity (Wildman–Crippen MR) is 62.1 cm³/mol. The summed E-state index contributed by atoms with van der Waals surface area (Å²) in [6.45, 7) is 3.57. The Morgan fingerprint density at radius 2 is 2.06 bits per heavy atom. The van der Waals surface area contributed by atoms with Crippen LogP contribution in [0.4, 0.5) is 0 Å². The zero-order valence-corrected chi connectivity index (χ0v) is 9.96. The SMILES string of the molecule is Cc1[nH]c(C#N)c(C)c1C(=O)/C=C/N(C)C. The Labute approximate surface area is 95.2 Å². The average Bonchev–Trinajstić information content (AvgIpc) is 2.50. The fourth-order valence-corrected chi connectivity index (χ4v) is 1.53. The number of carbonyl (C=O) groups is 1. The van der Waals surface area contributed by atoms with E-state index in [4.69, 9.17) is 5.26 Å². The number of hydrogen-bond donors (Lipinski definition) is 1. The molecule has 4 heteroatoms. The quantitative estimate of drug-likeness (QED) is 0.620. The Balaban J connectivity index is 3.10. The van der Waals surface area contributed by atoms with E-state index in [1.54, 1.807) is 24.9 Å². The second-order valence-electron chi connectivity index (χ2n) is 3.88. The normalized spacial score (nSPS) is 10.4. The van der Waals surface area contributed by atoms with Crippen molar-refractivity contribution < 1.29 is 4.79 Å². The Bertz CT molecular complexity index is 475. The Kier molecular flexibility index (Phi) is 3.51. The molecule has 0 bridgehead atoms. The fraction of sp³-hybridized carbons (Fsp3) is 0.333. The van der Waals surface area contributed by atoms with Crippen molar-refractivity contribution in [3.8, 4) is 6.07 Å². The standard InChI is InChI=1S/C12H15N3O/c1-8-10(7-13)14-9(2)12(8)11(16)5-6-15(3)4/h5-6,14H,1-4H3/b6-5+. The molecule has 0 radical (unpaired) electrons. The second-order valence-corrected chi connectivity index (χ2v) is 3.88. The molecule has 0 aromatic carbocycles. The summed E-state index contributed by atoms with van der Waals surface area (Å²) >= 11 is 0. The van der Waals surface area contributed by atoms with Crippen LogP contribution in [0.25, 0.3) is 0 Å². The number of ketones is 1. The van der Waals surface area contributed by atoms with E-state index in [-0.39, 0.29) is 5.78 Å². The van der Waals surface area contributed by atoms with Gasteiger partial charge < -0.3 is 9.88 Å². The van der Waals surface area contributed by atoms with Crippen molar-refractivity contribution in [2.75, 3.05) is 14.1 Å². The number of hydrogen-bond acceptors (Lipinski definition) is 3. The summed E-state index contributed by atoms with van der Waals surface area (Å²) in [4.78, 5) is 16.6. The second kappa shape index (κ2) is 4.67. The van der Waals surface area contributed by atoms with Crippen LogP contribution in [0.2, 0.25) is 0 Å². The van der Waals surface area contributed by atoms with Crippen LogP contribution >= 0.6 is 0 Å². The summed E-state index contributed by atoms with van der Waals surface area (Å²) in [5.74, 6) is -0.0820. The highest BCUT2D eigenvalue weighted by Crippen LogP contribution is 2.18. The number of aromatic nitrogens is 1. The molecule has 1 N–H and O–H groups in total. The van der Waals surface area contributed by atoms with Crippen LogP contribution in [-0.2, 0) is 0 Å². The van der Waals surface area contributed by atoms with Gasteiger partial charge in [0.05, 0.1) is 0 Å². The number of rotatable bonds is 3. The number of nitrogens with zero attached hydrogens (tertiary/aromatic N) is 2. The molecular formula is C12H15N3O. The first-order chi connectivity index (χ1) is 7.47. The number of nitrogens with one attached hydrogen (secondary N) is 1. The molecule has 1 aromatic heterocycles. The third kappa shape index (κ3) is 2.31. The number of carbonyl (C=O) groups excluding carboxylic acids is 1. The van der Waals surface area contributed by atoms with Crippen LogP contribution < -0.4 is 0 Å². The van der Waals surface area contributed by atoms with E-state index in [0.29, 0.717) is 16.8 Å². The van der Waals surface area contributed by atoms with E-state index in [1.165, 1.54) is 6.08 Å². The van der Waals surface area contributed by atoms with Gasteiger partial charge in [0.2, 0.25) is 0 Å². The molecule has 0 aliphatic heterocycles. The van der Waals surface area contributed by atoms with E-state index < -0.39 is 0 Å². The van der Waals surface area contributed by atoms with E-state index in [0.717, 1.165) is 5.69 Å². The number of nitriles is 1. The van der Waals surface area contributed by atoms with Gasteiger partial charge in [-0.3, -0.25) is 4.79 Å². The van der Waals surface area contributed by atoms with Crippen molar-refractivity contribution in [2.45, 2.75) is 13.8 Å². The zero-order valence-electron chi connectivity index (χ0n) is 9.96. The van der Waals surface area contributed by atoms with Gasteiger partial charge in [-0.05, 0) is 19.4 Å². The van der Waals surface area contributed by atoms with Crippen molar-refractivity contribution in [1.82, 2.24) is 9.88 Å². The molecule has 0 saturated carbocycles. The first kappa shape index (κ1) is 12.1. The monoisotopic (exact) mass is 217 g/mol. The molecule has 0 aliphatic rings. The molecule has 0 aliphatic carbocycles. The Hall–Kier alpha value is -2.02. The van der Waals surface area contributed by atoms with Gasteiger partial charge in [0.25, 0.3) is 0 Å². The zero-order chi connectivity index (χ0) is 12.3. The molecule has 0 atom stereocenters. The Morgan fingerprint density at radius 1 is 1.44 bits per heavy atom. The third-order valence-electron chi connectivity index (χ3n) is 2.32. The number of allylic oxidation sites excluding steroid dienone is 1. The van der Waals surface area contributed by atoms with Crippen molar-refractivity contribution in [3.05, 3.63) is 34.8 Å². The summed E-state index contributed by atoms with van der Waals surface area (Å²) in [6.07, 6.45) is 3.20. The van der Waals surface area contributed by atoms with Crippen molar-refractivity contribution >= 4 is 5.78 Å². The molecule has 1 aromatic rings. The van der Waals surface area contributed by atoms with Gasteiger partial charge in [-0.15, -0.1) is 0 Å². The first-order valence-electron chi connectivity index (χ1n) is 4.95. The van der Waals surface area contributed by atoms with Crippen LogP contribution in [0.15, 0.2) is 12.3 Å². The van der Waals surface area contributed by atoms with Crippen LogP contribution in [0.5, 0.6) is 0 Å². The van der Waals surface area contributed by atoms with E-state index in [2.05, 4.69) is 4.98 Å². The van der Waals surface area contributed by atoms with Gasteiger partial charge in [-0.25, -0.2) is 0 Å². The maximum Gasteiger partial charge on any atom is 0.189 e. The topological polar surface area (TPSA) is 59.9 Å². The van der Waals surface area contributed by atoms with Gasteiger partial charge in [0.15, 0.2) is 5.78 Å². The summed E-state index contributed by atoms with van der Waals surface area (Å²) in [6, 6.07) is 2.03. The molecule has 0 unspecified atom stereocenters.